The maximum atomic E-state index is 13.8. The molecule has 0 amide bonds. The molecule has 2 aromatic carbocycles. The number of phenols is 1. The van der Waals surface area contributed by atoms with Crippen LogP contribution in [0.5, 0.6) is 5.75 Å². The molecular weight excluding hydrogens is 267 g/mol. The third-order valence-electron chi connectivity index (χ3n) is 3.06. The highest BCUT2D eigenvalue weighted by molar-refractivity contribution is 6.30. The SMILES string of the molecule is CC(O)(Cc1cccc(Cl)c1F)c1ccc(O)cc1. The molecular formula is C15H14ClFO2. The molecule has 2 aromatic rings. The molecule has 1 atom stereocenters. The first-order valence-corrected chi connectivity index (χ1v) is 6.23. The summed E-state index contributed by atoms with van der Waals surface area (Å²) in [5.74, 6) is -0.392. The van der Waals surface area contributed by atoms with Crippen LogP contribution in [0, 0.1) is 5.82 Å². The molecule has 0 saturated carbocycles. The molecule has 0 aliphatic carbocycles. The van der Waals surface area contributed by atoms with Crippen LogP contribution in [0.4, 0.5) is 4.39 Å². The van der Waals surface area contributed by atoms with Gasteiger partial charge >= 0.3 is 0 Å². The molecule has 0 aliphatic heterocycles. The predicted molar refractivity (Wildman–Crippen MR) is 72.8 cm³/mol. The lowest BCUT2D eigenvalue weighted by atomic mass is 9.89. The Balaban J connectivity index is 2.30. The third-order valence-corrected chi connectivity index (χ3v) is 3.35. The van der Waals surface area contributed by atoms with Crippen LogP contribution in [0.25, 0.3) is 0 Å². The van der Waals surface area contributed by atoms with Gasteiger partial charge in [0.1, 0.15) is 11.6 Å². The van der Waals surface area contributed by atoms with E-state index in [-0.39, 0.29) is 17.2 Å². The first-order valence-electron chi connectivity index (χ1n) is 5.85. The molecule has 0 fully saturated rings. The van der Waals surface area contributed by atoms with Crippen LogP contribution >= 0.6 is 11.6 Å². The summed E-state index contributed by atoms with van der Waals surface area (Å²) in [6, 6.07) is 10.9. The van der Waals surface area contributed by atoms with Crippen molar-refractivity contribution in [1.29, 1.82) is 0 Å². The van der Waals surface area contributed by atoms with Crippen LogP contribution in [-0.4, -0.2) is 10.2 Å². The Morgan fingerprint density at radius 1 is 1.16 bits per heavy atom. The van der Waals surface area contributed by atoms with Crippen LogP contribution < -0.4 is 0 Å². The van der Waals surface area contributed by atoms with Crippen LogP contribution in [0.15, 0.2) is 42.5 Å². The average Bonchev–Trinajstić information content (AvgIpc) is 2.35. The molecule has 0 aliphatic rings. The summed E-state index contributed by atoms with van der Waals surface area (Å²) in [5.41, 5.74) is -0.283. The van der Waals surface area contributed by atoms with E-state index in [2.05, 4.69) is 0 Å². The minimum absolute atomic E-state index is 0.0407. The highest BCUT2D eigenvalue weighted by Gasteiger charge is 2.25. The van der Waals surface area contributed by atoms with Crippen molar-refractivity contribution in [2.75, 3.05) is 0 Å². The van der Waals surface area contributed by atoms with Gasteiger partial charge in [0.05, 0.1) is 10.6 Å². The monoisotopic (exact) mass is 280 g/mol. The number of aliphatic hydroxyl groups is 1. The van der Waals surface area contributed by atoms with Crippen LogP contribution in [0.1, 0.15) is 18.1 Å². The molecule has 1 unspecified atom stereocenters. The second-order valence-electron chi connectivity index (χ2n) is 4.71. The Morgan fingerprint density at radius 2 is 1.79 bits per heavy atom. The Morgan fingerprint density at radius 3 is 2.42 bits per heavy atom. The molecule has 2 rings (SSSR count). The standard InChI is InChI=1S/C15H14ClFO2/c1-15(19,11-5-7-12(18)8-6-11)9-10-3-2-4-13(16)14(10)17/h2-8,18-19H,9H2,1H3. The van der Waals surface area contributed by atoms with Gasteiger partial charge in [-0.3, -0.25) is 0 Å². The maximum Gasteiger partial charge on any atom is 0.145 e. The lowest BCUT2D eigenvalue weighted by Crippen LogP contribution is -2.24. The zero-order valence-corrected chi connectivity index (χ0v) is 11.2. The van der Waals surface area contributed by atoms with E-state index in [1.165, 1.54) is 18.2 Å². The van der Waals surface area contributed by atoms with Crippen molar-refractivity contribution < 1.29 is 14.6 Å². The number of rotatable bonds is 3. The summed E-state index contributed by atoms with van der Waals surface area (Å²) < 4.78 is 13.8. The predicted octanol–water partition coefficient (Wildman–Crippen LogP) is 3.63. The summed E-state index contributed by atoms with van der Waals surface area (Å²) in [6.07, 6.45) is 0.101. The van der Waals surface area contributed by atoms with Crippen molar-refractivity contribution in [1.82, 2.24) is 0 Å². The number of aromatic hydroxyl groups is 1. The average molecular weight is 281 g/mol. The van der Waals surface area contributed by atoms with Crippen LogP contribution in [0.2, 0.25) is 5.02 Å². The van der Waals surface area contributed by atoms with Crippen molar-refractivity contribution in [3.63, 3.8) is 0 Å². The number of benzene rings is 2. The van der Waals surface area contributed by atoms with E-state index >= 15 is 0 Å². The quantitative estimate of drug-likeness (QED) is 0.901. The normalized spacial score (nSPS) is 14.1. The van der Waals surface area contributed by atoms with Crippen molar-refractivity contribution >= 4 is 11.6 Å². The van der Waals surface area contributed by atoms with Crippen molar-refractivity contribution in [3.05, 3.63) is 64.4 Å². The molecule has 19 heavy (non-hydrogen) atoms. The maximum absolute atomic E-state index is 13.8. The summed E-state index contributed by atoms with van der Waals surface area (Å²) in [4.78, 5) is 0. The minimum atomic E-state index is -1.24. The van der Waals surface area contributed by atoms with Crippen molar-refractivity contribution in [2.45, 2.75) is 18.9 Å². The van der Waals surface area contributed by atoms with Gasteiger partial charge in [-0.2, -0.15) is 0 Å². The Kier molecular flexibility index (Phi) is 3.78. The second-order valence-corrected chi connectivity index (χ2v) is 5.12. The molecule has 2 N–H and O–H groups in total. The summed E-state index contributed by atoms with van der Waals surface area (Å²) in [7, 11) is 0. The topological polar surface area (TPSA) is 40.5 Å². The van der Waals surface area contributed by atoms with Crippen molar-refractivity contribution in [3.8, 4) is 5.75 Å². The molecule has 0 aromatic heterocycles. The van der Waals surface area contributed by atoms with Crippen LogP contribution in [0.3, 0.4) is 0 Å². The largest absolute Gasteiger partial charge is 0.508 e. The fraction of sp³-hybridized carbons (Fsp3) is 0.200. The third kappa shape index (κ3) is 3.06. The molecule has 0 saturated heterocycles. The zero-order chi connectivity index (χ0) is 14.0. The van der Waals surface area contributed by atoms with Crippen LogP contribution in [-0.2, 0) is 12.0 Å². The molecule has 4 heteroatoms. The highest BCUT2D eigenvalue weighted by atomic mass is 35.5. The van der Waals surface area contributed by atoms with E-state index in [1.54, 1.807) is 31.2 Å². The van der Waals surface area contributed by atoms with E-state index in [0.717, 1.165) is 0 Å². The van der Waals surface area contributed by atoms with E-state index in [4.69, 9.17) is 11.6 Å². The van der Waals surface area contributed by atoms with E-state index < -0.39 is 11.4 Å². The Hall–Kier alpha value is -1.58. The minimum Gasteiger partial charge on any atom is -0.508 e. The van der Waals surface area contributed by atoms with Crippen molar-refractivity contribution in [2.24, 2.45) is 0 Å². The molecule has 0 bridgehead atoms. The fourth-order valence-electron chi connectivity index (χ4n) is 1.98. The number of hydrogen-bond donors (Lipinski definition) is 2. The molecule has 2 nitrogen and oxygen atoms in total. The number of phenolic OH excluding ortho intramolecular Hbond substituents is 1. The summed E-state index contributed by atoms with van der Waals surface area (Å²) in [5, 5.41) is 19.7. The van der Waals surface area contributed by atoms with Gasteiger partial charge in [0, 0.05) is 6.42 Å². The van der Waals surface area contributed by atoms with Gasteiger partial charge in [0.25, 0.3) is 0 Å². The number of halogens is 2. The van der Waals surface area contributed by atoms with Gasteiger partial charge in [-0.25, -0.2) is 4.39 Å². The first-order chi connectivity index (χ1) is 8.90. The Labute approximate surface area is 116 Å². The smallest absolute Gasteiger partial charge is 0.145 e. The fourth-order valence-corrected chi connectivity index (χ4v) is 2.17. The van der Waals surface area contributed by atoms with Gasteiger partial charge in [0.15, 0.2) is 0 Å². The van der Waals surface area contributed by atoms with Gasteiger partial charge in [-0.05, 0) is 36.2 Å². The number of hydrogen-bond acceptors (Lipinski definition) is 2. The first kappa shape index (κ1) is 13.8. The van der Waals surface area contributed by atoms with Gasteiger partial charge < -0.3 is 10.2 Å². The summed E-state index contributed by atoms with van der Waals surface area (Å²) >= 11 is 5.72. The van der Waals surface area contributed by atoms with E-state index in [1.807, 2.05) is 0 Å². The van der Waals surface area contributed by atoms with Gasteiger partial charge in [0.2, 0.25) is 0 Å². The molecule has 0 spiro atoms. The second kappa shape index (κ2) is 5.19. The lowest BCUT2D eigenvalue weighted by Gasteiger charge is -2.24. The molecule has 100 valence electrons. The summed E-state index contributed by atoms with van der Waals surface area (Å²) in [6.45, 7) is 1.60. The Bertz CT molecular complexity index is 579. The van der Waals surface area contributed by atoms with Gasteiger partial charge in [-0.15, -0.1) is 0 Å². The lowest BCUT2D eigenvalue weighted by molar-refractivity contribution is 0.0567. The van der Waals surface area contributed by atoms with E-state index in [9.17, 15) is 14.6 Å². The van der Waals surface area contributed by atoms with Gasteiger partial charge in [-0.1, -0.05) is 35.9 Å². The van der Waals surface area contributed by atoms with E-state index in [0.29, 0.717) is 11.1 Å². The zero-order valence-electron chi connectivity index (χ0n) is 10.4. The molecule has 0 radical (unpaired) electrons. The highest BCUT2D eigenvalue weighted by Crippen LogP contribution is 2.29. The molecule has 0 heterocycles.